The van der Waals surface area contributed by atoms with Crippen molar-refractivity contribution in [1.29, 1.82) is 0 Å². The van der Waals surface area contributed by atoms with Gasteiger partial charge in [0.2, 0.25) is 5.91 Å². The fourth-order valence-corrected chi connectivity index (χ4v) is 2.84. The van der Waals surface area contributed by atoms with E-state index in [9.17, 15) is 9.59 Å². The van der Waals surface area contributed by atoms with E-state index >= 15 is 0 Å². The summed E-state index contributed by atoms with van der Waals surface area (Å²) in [5.74, 6) is -0.260. The highest BCUT2D eigenvalue weighted by atomic mass is 16.5. The first-order chi connectivity index (χ1) is 12.7. The molecule has 26 heavy (non-hydrogen) atoms. The van der Waals surface area contributed by atoms with Crippen molar-refractivity contribution in [3.63, 3.8) is 0 Å². The van der Waals surface area contributed by atoms with Crippen molar-refractivity contribution < 1.29 is 14.3 Å². The molecule has 0 fully saturated rings. The quantitative estimate of drug-likeness (QED) is 0.638. The minimum atomic E-state index is -0.731. The number of amides is 2. The largest absolute Gasteiger partial charge is 0.453 e. The molecule has 134 valence electrons. The molecule has 1 heterocycles. The number of hydrogen-bond donors (Lipinski definition) is 3. The number of aromatic amines is 1. The lowest BCUT2D eigenvalue weighted by atomic mass is 10.0. The molecule has 0 saturated carbocycles. The predicted octanol–water partition coefficient (Wildman–Crippen LogP) is 2.75. The van der Waals surface area contributed by atoms with Gasteiger partial charge in [-0.15, -0.1) is 0 Å². The van der Waals surface area contributed by atoms with Crippen molar-refractivity contribution in [2.75, 3.05) is 7.11 Å². The first kappa shape index (κ1) is 17.5. The summed E-state index contributed by atoms with van der Waals surface area (Å²) >= 11 is 0. The van der Waals surface area contributed by atoms with Crippen LogP contribution in [0.1, 0.15) is 11.1 Å². The maximum Gasteiger partial charge on any atom is 0.407 e. The Kier molecular flexibility index (Phi) is 5.53. The normalized spacial score (nSPS) is 11.7. The standard InChI is InChI=1S/C20H21N3O3/c1-26-20(25)23-18(19(24)22-12-14-7-3-2-4-8-14)11-15-13-21-17-10-6-5-9-16(15)17/h2-10,13,18,21H,11-12H2,1H3,(H,22,24)(H,23,25). The maximum atomic E-state index is 12.6. The number of carbonyl (C=O) groups excluding carboxylic acids is 2. The molecular weight excluding hydrogens is 330 g/mol. The van der Waals surface area contributed by atoms with Gasteiger partial charge in [-0.25, -0.2) is 4.79 Å². The molecule has 3 N–H and O–H groups in total. The van der Waals surface area contributed by atoms with Gasteiger partial charge in [-0.05, 0) is 17.2 Å². The predicted molar refractivity (Wildman–Crippen MR) is 99.6 cm³/mol. The Hall–Kier alpha value is -3.28. The Morgan fingerprint density at radius 1 is 1.08 bits per heavy atom. The number of rotatable bonds is 6. The zero-order valence-corrected chi connectivity index (χ0v) is 14.5. The molecule has 0 aliphatic rings. The van der Waals surface area contributed by atoms with Gasteiger partial charge in [0, 0.05) is 30.1 Å². The van der Waals surface area contributed by atoms with Crippen LogP contribution in [-0.4, -0.2) is 30.1 Å². The van der Waals surface area contributed by atoms with Crippen molar-refractivity contribution in [2.45, 2.75) is 19.0 Å². The molecule has 3 rings (SSSR count). The minimum Gasteiger partial charge on any atom is -0.453 e. The van der Waals surface area contributed by atoms with E-state index in [2.05, 4.69) is 20.4 Å². The highest BCUT2D eigenvalue weighted by Crippen LogP contribution is 2.19. The third-order valence-corrected chi connectivity index (χ3v) is 4.20. The van der Waals surface area contributed by atoms with E-state index in [1.54, 1.807) is 0 Å². The minimum absolute atomic E-state index is 0.260. The number of nitrogens with one attached hydrogen (secondary N) is 3. The Labute approximate surface area is 151 Å². The molecule has 2 aromatic carbocycles. The number of H-pyrrole nitrogens is 1. The summed E-state index contributed by atoms with van der Waals surface area (Å²) in [6.45, 7) is 0.396. The van der Waals surface area contributed by atoms with E-state index in [0.29, 0.717) is 13.0 Å². The molecular formula is C20H21N3O3. The molecule has 6 heteroatoms. The van der Waals surface area contributed by atoms with Gasteiger partial charge in [0.05, 0.1) is 7.11 Å². The molecule has 0 radical (unpaired) electrons. The Morgan fingerprint density at radius 2 is 1.81 bits per heavy atom. The van der Waals surface area contributed by atoms with Gasteiger partial charge in [-0.3, -0.25) is 4.79 Å². The monoisotopic (exact) mass is 351 g/mol. The summed E-state index contributed by atoms with van der Waals surface area (Å²) in [5.41, 5.74) is 2.94. The zero-order chi connectivity index (χ0) is 18.4. The molecule has 2 amide bonds. The van der Waals surface area contributed by atoms with Gasteiger partial charge in [0.15, 0.2) is 0 Å². The first-order valence-corrected chi connectivity index (χ1v) is 8.38. The fourth-order valence-electron chi connectivity index (χ4n) is 2.84. The number of carbonyl (C=O) groups is 2. The van der Waals surface area contributed by atoms with Crippen LogP contribution >= 0.6 is 0 Å². The van der Waals surface area contributed by atoms with Gasteiger partial charge in [0.25, 0.3) is 0 Å². The maximum absolute atomic E-state index is 12.6. The van der Waals surface area contributed by atoms with E-state index in [1.165, 1.54) is 7.11 Å². The molecule has 1 atom stereocenters. The summed E-state index contributed by atoms with van der Waals surface area (Å²) < 4.78 is 4.66. The fraction of sp³-hybridized carbons (Fsp3) is 0.200. The molecule has 0 aliphatic heterocycles. The van der Waals surface area contributed by atoms with Crippen LogP contribution in [0.2, 0.25) is 0 Å². The van der Waals surface area contributed by atoms with Crippen LogP contribution in [0.5, 0.6) is 0 Å². The summed E-state index contributed by atoms with van der Waals surface area (Å²) in [6, 6.07) is 16.7. The third-order valence-electron chi connectivity index (χ3n) is 4.20. The molecule has 3 aromatic rings. The second-order valence-corrected chi connectivity index (χ2v) is 5.96. The molecule has 6 nitrogen and oxygen atoms in total. The van der Waals surface area contributed by atoms with Gasteiger partial charge >= 0.3 is 6.09 Å². The summed E-state index contributed by atoms with van der Waals surface area (Å²) in [5, 5.41) is 6.52. The molecule has 0 bridgehead atoms. The lowest BCUT2D eigenvalue weighted by Crippen LogP contribution is -2.47. The van der Waals surface area contributed by atoms with Crippen LogP contribution in [0, 0.1) is 0 Å². The zero-order valence-electron chi connectivity index (χ0n) is 14.5. The number of ether oxygens (including phenoxy) is 1. The van der Waals surface area contributed by atoms with Crippen molar-refractivity contribution in [3.8, 4) is 0 Å². The topological polar surface area (TPSA) is 83.2 Å². The number of hydrogen-bond acceptors (Lipinski definition) is 3. The lowest BCUT2D eigenvalue weighted by molar-refractivity contribution is -0.123. The van der Waals surface area contributed by atoms with Crippen LogP contribution in [0.25, 0.3) is 10.9 Å². The average Bonchev–Trinajstić information content (AvgIpc) is 3.09. The van der Waals surface area contributed by atoms with Crippen LogP contribution < -0.4 is 10.6 Å². The van der Waals surface area contributed by atoms with Crippen LogP contribution in [-0.2, 0) is 22.5 Å². The Bertz CT molecular complexity index is 889. The van der Waals surface area contributed by atoms with Gasteiger partial charge in [-0.2, -0.15) is 0 Å². The van der Waals surface area contributed by atoms with Crippen molar-refractivity contribution in [2.24, 2.45) is 0 Å². The van der Waals surface area contributed by atoms with Crippen molar-refractivity contribution >= 4 is 22.9 Å². The number of methoxy groups -OCH3 is 1. The van der Waals surface area contributed by atoms with E-state index < -0.39 is 12.1 Å². The smallest absolute Gasteiger partial charge is 0.407 e. The highest BCUT2D eigenvalue weighted by Gasteiger charge is 2.22. The first-order valence-electron chi connectivity index (χ1n) is 8.38. The number of alkyl carbamates (subject to hydrolysis) is 1. The van der Waals surface area contributed by atoms with Crippen LogP contribution in [0.15, 0.2) is 60.8 Å². The van der Waals surface area contributed by atoms with Crippen LogP contribution in [0.4, 0.5) is 4.79 Å². The number of para-hydroxylation sites is 1. The van der Waals surface area contributed by atoms with Gasteiger partial charge in [-0.1, -0.05) is 48.5 Å². The SMILES string of the molecule is COC(=O)NC(Cc1c[nH]c2ccccc12)C(=O)NCc1ccccc1. The number of benzene rings is 2. The Morgan fingerprint density at radius 3 is 2.58 bits per heavy atom. The Balaban J connectivity index is 1.73. The molecule has 1 unspecified atom stereocenters. The van der Waals surface area contributed by atoms with E-state index in [4.69, 9.17) is 0 Å². The third kappa shape index (κ3) is 4.22. The number of aromatic nitrogens is 1. The summed E-state index contributed by atoms with van der Waals surface area (Å²) in [6.07, 6.45) is 1.59. The second kappa shape index (κ2) is 8.20. The molecule has 0 aliphatic carbocycles. The molecule has 1 aromatic heterocycles. The van der Waals surface area contributed by atoms with Crippen LogP contribution in [0.3, 0.4) is 0 Å². The van der Waals surface area contributed by atoms with Crippen molar-refractivity contribution in [1.82, 2.24) is 15.6 Å². The van der Waals surface area contributed by atoms with E-state index in [1.807, 2.05) is 60.8 Å². The lowest BCUT2D eigenvalue weighted by Gasteiger charge is -2.17. The highest BCUT2D eigenvalue weighted by molar-refractivity contribution is 5.88. The summed E-state index contributed by atoms with van der Waals surface area (Å²) in [4.78, 5) is 27.5. The van der Waals surface area contributed by atoms with E-state index in [0.717, 1.165) is 22.0 Å². The van der Waals surface area contributed by atoms with Gasteiger partial charge in [0.1, 0.15) is 6.04 Å². The van der Waals surface area contributed by atoms with E-state index in [-0.39, 0.29) is 5.91 Å². The molecule has 0 saturated heterocycles. The van der Waals surface area contributed by atoms with Gasteiger partial charge < -0.3 is 20.4 Å². The second-order valence-electron chi connectivity index (χ2n) is 5.96. The summed E-state index contributed by atoms with van der Waals surface area (Å²) in [7, 11) is 1.28. The number of fused-ring (bicyclic) bond motifs is 1. The van der Waals surface area contributed by atoms with Crippen molar-refractivity contribution in [3.05, 3.63) is 71.9 Å². The molecule has 0 spiro atoms. The average molecular weight is 351 g/mol.